The lowest BCUT2D eigenvalue weighted by Gasteiger charge is -2.09. The Bertz CT molecular complexity index is 1010. The highest BCUT2D eigenvalue weighted by atomic mass is 19.1. The highest BCUT2D eigenvalue weighted by molar-refractivity contribution is 6.01. The van der Waals surface area contributed by atoms with Gasteiger partial charge in [-0.3, -0.25) is 19.5 Å². The summed E-state index contributed by atoms with van der Waals surface area (Å²) in [6, 6.07) is 6.95. The van der Waals surface area contributed by atoms with Gasteiger partial charge in [-0.25, -0.2) is 13.9 Å². The van der Waals surface area contributed by atoms with Gasteiger partial charge in [0.25, 0.3) is 5.91 Å². The summed E-state index contributed by atoms with van der Waals surface area (Å²) < 4.78 is 15.3. The number of carbonyl (C=O) groups excluding carboxylic acids is 1. The molecule has 2 heterocycles. The minimum Gasteiger partial charge on any atom is -0.480 e. The minimum atomic E-state index is -1.25. The molecule has 122 valence electrons. The normalized spacial score (nSPS) is 10.7. The third-order valence-electron chi connectivity index (χ3n) is 3.34. The molecule has 0 bridgehead atoms. The first-order valence-electron chi connectivity index (χ1n) is 6.83. The van der Waals surface area contributed by atoms with E-state index in [1.165, 1.54) is 29.0 Å². The Kier molecular flexibility index (Phi) is 3.82. The van der Waals surface area contributed by atoms with E-state index < -0.39 is 29.7 Å². The van der Waals surface area contributed by atoms with Gasteiger partial charge < -0.3 is 10.4 Å². The number of rotatable bonds is 4. The highest BCUT2D eigenvalue weighted by Gasteiger charge is 2.20. The van der Waals surface area contributed by atoms with Crippen LogP contribution in [0.15, 0.2) is 41.5 Å². The van der Waals surface area contributed by atoms with Crippen molar-refractivity contribution >= 4 is 17.5 Å². The van der Waals surface area contributed by atoms with Gasteiger partial charge in [0.2, 0.25) is 0 Å². The number of H-pyrrole nitrogens is 1. The number of aromatic nitrogens is 3. The molecule has 3 aromatic rings. The topological polar surface area (TPSA) is 117 Å². The molecule has 9 heteroatoms. The van der Waals surface area contributed by atoms with Crippen LogP contribution in [0.1, 0.15) is 10.4 Å². The molecule has 0 aliphatic heterocycles. The third kappa shape index (κ3) is 2.62. The number of aromatic amines is 1. The molecule has 3 rings (SSSR count). The van der Waals surface area contributed by atoms with Gasteiger partial charge in [0.05, 0.1) is 5.69 Å². The van der Waals surface area contributed by atoms with Crippen molar-refractivity contribution in [1.82, 2.24) is 19.9 Å². The fraction of sp³-hybridized carbons (Fsp3) is 0.0667. The van der Waals surface area contributed by atoms with Crippen LogP contribution < -0.4 is 10.7 Å². The molecular formula is C15H11FN4O4. The van der Waals surface area contributed by atoms with Crippen LogP contribution in [0, 0.1) is 5.82 Å². The van der Waals surface area contributed by atoms with Gasteiger partial charge in [-0.1, -0.05) is 12.1 Å². The summed E-state index contributed by atoms with van der Waals surface area (Å²) >= 11 is 0. The number of fused-ring (bicyclic) bond motifs is 1. The average Bonchev–Trinajstić information content (AvgIpc) is 3.01. The zero-order chi connectivity index (χ0) is 17.3. The Hall–Kier alpha value is -3.49. The number of hydrogen-bond acceptors (Lipinski definition) is 4. The van der Waals surface area contributed by atoms with E-state index in [0.717, 1.165) is 6.07 Å². The molecule has 1 aromatic carbocycles. The Morgan fingerprint density at radius 2 is 2.08 bits per heavy atom. The van der Waals surface area contributed by atoms with Crippen LogP contribution in [0.5, 0.6) is 0 Å². The number of carboxylic acid groups (broad SMARTS) is 1. The molecule has 2 aromatic heterocycles. The van der Waals surface area contributed by atoms with Gasteiger partial charge in [-0.2, -0.15) is 0 Å². The van der Waals surface area contributed by atoms with Crippen molar-refractivity contribution in [3.8, 4) is 11.3 Å². The molecule has 0 spiro atoms. The monoisotopic (exact) mass is 330 g/mol. The van der Waals surface area contributed by atoms with Gasteiger partial charge in [0.15, 0.2) is 11.1 Å². The zero-order valence-electron chi connectivity index (χ0n) is 12.1. The number of carboxylic acids is 1. The van der Waals surface area contributed by atoms with E-state index in [1.807, 2.05) is 0 Å². The Morgan fingerprint density at radius 3 is 2.79 bits per heavy atom. The van der Waals surface area contributed by atoms with Crippen molar-refractivity contribution in [3.05, 3.63) is 58.3 Å². The molecule has 0 radical (unpaired) electrons. The summed E-state index contributed by atoms with van der Waals surface area (Å²) in [5.74, 6) is -2.65. The first kappa shape index (κ1) is 15.4. The maximum Gasteiger partial charge on any atom is 0.322 e. The molecule has 0 unspecified atom stereocenters. The lowest BCUT2D eigenvalue weighted by atomic mass is 10.1. The number of aliphatic carboxylic acids is 1. The number of nitrogens with one attached hydrogen (secondary N) is 2. The smallest absolute Gasteiger partial charge is 0.322 e. The summed E-state index contributed by atoms with van der Waals surface area (Å²) in [5.41, 5.74) is -0.684. The van der Waals surface area contributed by atoms with Crippen LogP contribution in [-0.4, -0.2) is 38.1 Å². The SMILES string of the molecule is O=C(O)CNC(=O)c1c(=O)cc(-c2ccccc2F)n2[nH]cnc12. The summed E-state index contributed by atoms with van der Waals surface area (Å²) in [6.07, 6.45) is 1.24. The first-order valence-corrected chi connectivity index (χ1v) is 6.83. The fourth-order valence-electron chi connectivity index (χ4n) is 2.32. The standard InChI is InChI=1S/C15H11FN4O4/c16-9-4-2-1-3-8(9)10-5-11(21)13(14-18-7-19-20(10)14)15(24)17-6-12(22)23/h1-5,7H,6H2,(H,17,24)(H,18,19)(H,22,23). The average molecular weight is 330 g/mol. The summed E-state index contributed by atoms with van der Waals surface area (Å²) in [4.78, 5) is 38.9. The minimum absolute atomic E-state index is 0.0244. The van der Waals surface area contributed by atoms with E-state index in [1.54, 1.807) is 6.07 Å². The third-order valence-corrected chi connectivity index (χ3v) is 3.34. The van der Waals surface area contributed by atoms with Crippen molar-refractivity contribution in [2.24, 2.45) is 0 Å². The second-order valence-corrected chi connectivity index (χ2v) is 4.87. The molecule has 0 atom stereocenters. The van der Waals surface area contributed by atoms with E-state index in [-0.39, 0.29) is 22.5 Å². The molecule has 0 saturated carbocycles. The van der Waals surface area contributed by atoms with E-state index in [0.29, 0.717) is 0 Å². The van der Waals surface area contributed by atoms with Crippen molar-refractivity contribution in [2.45, 2.75) is 0 Å². The number of amides is 1. The largest absolute Gasteiger partial charge is 0.480 e. The molecule has 0 saturated heterocycles. The predicted octanol–water partition coefficient (Wildman–Crippen LogP) is 0.643. The summed E-state index contributed by atoms with van der Waals surface area (Å²) in [6.45, 7) is -0.635. The predicted molar refractivity (Wildman–Crippen MR) is 81.2 cm³/mol. The number of benzene rings is 1. The maximum absolute atomic E-state index is 14.0. The lowest BCUT2D eigenvalue weighted by molar-refractivity contribution is -0.135. The molecule has 0 fully saturated rings. The van der Waals surface area contributed by atoms with Crippen LogP contribution in [0.3, 0.4) is 0 Å². The maximum atomic E-state index is 14.0. The van der Waals surface area contributed by atoms with Crippen molar-refractivity contribution in [2.75, 3.05) is 6.54 Å². The summed E-state index contributed by atoms with van der Waals surface area (Å²) in [5, 5.41) is 13.4. The first-order chi connectivity index (χ1) is 11.5. The molecule has 0 aliphatic carbocycles. The Balaban J connectivity index is 2.18. The second-order valence-electron chi connectivity index (χ2n) is 4.87. The molecule has 3 N–H and O–H groups in total. The van der Waals surface area contributed by atoms with Gasteiger partial charge in [0.1, 0.15) is 24.3 Å². The number of pyridine rings is 1. The number of halogens is 1. The number of carbonyl (C=O) groups is 2. The van der Waals surface area contributed by atoms with Crippen LogP contribution >= 0.6 is 0 Å². The Morgan fingerprint density at radius 1 is 1.33 bits per heavy atom. The second kappa shape index (κ2) is 5.95. The zero-order valence-corrected chi connectivity index (χ0v) is 12.1. The van der Waals surface area contributed by atoms with Crippen LogP contribution in [-0.2, 0) is 4.79 Å². The lowest BCUT2D eigenvalue weighted by Crippen LogP contribution is -2.33. The summed E-state index contributed by atoms with van der Waals surface area (Å²) in [7, 11) is 0. The van der Waals surface area contributed by atoms with E-state index >= 15 is 0 Å². The number of hydrogen-bond donors (Lipinski definition) is 3. The van der Waals surface area contributed by atoms with Crippen molar-refractivity contribution in [1.29, 1.82) is 0 Å². The van der Waals surface area contributed by atoms with Gasteiger partial charge >= 0.3 is 5.97 Å². The van der Waals surface area contributed by atoms with Gasteiger partial charge in [-0.05, 0) is 12.1 Å². The molecule has 1 amide bonds. The molecular weight excluding hydrogens is 319 g/mol. The van der Waals surface area contributed by atoms with E-state index in [2.05, 4.69) is 15.4 Å². The quantitative estimate of drug-likeness (QED) is 0.649. The number of nitrogens with zero attached hydrogens (tertiary/aromatic N) is 2. The Labute approximate surface area is 133 Å². The fourth-order valence-corrected chi connectivity index (χ4v) is 2.32. The van der Waals surface area contributed by atoms with Crippen molar-refractivity contribution in [3.63, 3.8) is 0 Å². The van der Waals surface area contributed by atoms with Crippen LogP contribution in [0.25, 0.3) is 16.9 Å². The van der Waals surface area contributed by atoms with Crippen LogP contribution in [0.4, 0.5) is 4.39 Å². The molecule has 24 heavy (non-hydrogen) atoms. The van der Waals surface area contributed by atoms with Crippen LogP contribution in [0.2, 0.25) is 0 Å². The van der Waals surface area contributed by atoms with E-state index in [9.17, 15) is 18.8 Å². The van der Waals surface area contributed by atoms with Gasteiger partial charge in [-0.15, -0.1) is 0 Å². The van der Waals surface area contributed by atoms with E-state index in [4.69, 9.17) is 5.11 Å². The highest BCUT2D eigenvalue weighted by Crippen LogP contribution is 2.22. The molecule has 0 aliphatic rings. The van der Waals surface area contributed by atoms with Crippen molar-refractivity contribution < 1.29 is 19.1 Å². The van der Waals surface area contributed by atoms with Gasteiger partial charge in [0, 0.05) is 11.6 Å². The molecule has 8 nitrogen and oxygen atoms in total.